The molecule has 0 saturated heterocycles. The van der Waals surface area contributed by atoms with Gasteiger partial charge >= 0.3 is 0 Å². The van der Waals surface area contributed by atoms with Crippen LogP contribution in [0.4, 0.5) is 8.78 Å². The van der Waals surface area contributed by atoms with Gasteiger partial charge in [0.1, 0.15) is 0 Å². The van der Waals surface area contributed by atoms with Crippen molar-refractivity contribution in [2.45, 2.75) is 24.0 Å². The van der Waals surface area contributed by atoms with E-state index in [1.165, 1.54) is 6.07 Å². The molecule has 1 unspecified atom stereocenters. The van der Waals surface area contributed by atoms with Crippen LogP contribution in [0.3, 0.4) is 0 Å². The summed E-state index contributed by atoms with van der Waals surface area (Å²) in [5.41, 5.74) is 6.86. The summed E-state index contributed by atoms with van der Waals surface area (Å²) in [5, 5.41) is 0.882. The second-order valence-electron chi connectivity index (χ2n) is 4.87. The van der Waals surface area contributed by atoms with E-state index in [4.69, 9.17) is 5.73 Å². The third-order valence-corrected chi connectivity index (χ3v) is 5.84. The first kappa shape index (κ1) is 14.9. The third kappa shape index (κ3) is 2.95. The summed E-state index contributed by atoms with van der Waals surface area (Å²) in [7, 11) is 3.22. The number of hydrogen-bond acceptors (Lipinski definition) is 4. The minimum Gasteiger partial charge on any atom is -0.330 e. The van der Waals surface area contributed by atoms with Crippen molar-refractivity contribution >= 4 is 21.6 Å². The lowest BCUT2D eigenvalue weighted by Crippen LogP contribution is -2.09. The lowest BCUT2D eigenvalue weighted by molar-refractivity contribution is 0.473. The second-order valence-corrected chi connectivity index (χ2v) is 7.26. The molecule has 112 valence electrons. The van der Waals surface area contributed by atoms with Crippen LogP contribution in [-0.2, 0) is 12.8 Å². The van der Waals surface area contributed by atoms with Crippen LogP contribution in [0, 0.1) is 11.6 Å². The van der Waals surface area contributed by atoms with Gasteiger partial charge in [0.15, 0.2) is 16.8 Å². The number of aromatic nitrogens is 2. The van der Waals surface area contributed by atoms with Gasteiger partial charge in [0.05, 0.1) is 0 Å². The van der Waals surface area contributed by atoms with E-state index in [-0.39, 0.29) is 6.04 Å². The molecule has 0 fully saturated rings. The molecule has 2 aromatic rings. The van der Waals surface area contributed by atoms with E-state index < -0.39 is 11.6 Å². The van der Waals surface area contributed by atoms with Gasteiger partial charge in [0.25, 0.3) is 0 Å². The first-order valence-corrected chi connectivity index (χ1v) is 9.00. The van der Waals surface area contributed by atoms with Crippen molar-refractivity contribution in [3.63, 3.8) is 0 Å². The Balaban J connectivity index is 1.79. The average Bonchev–Trinajstić information content (AvgIpc) is 3.09. The molecule has 3 nitrogen and oxygen atoms in total. The number of rotatable bonds is 5. The molecule has 1 aromatic heterocycles. The molecule has 0 bridgehead atoms. The number of halogens is 2. The predicted molar refractivity (Wildman–Crippen MR) is 82.4 cm³/mol. The molecule has 3 rings (SSSR count). The van der Waals surface area contributed by atoms with Gasteiger partial charge in [0, 0.05) is 30.7 Å². The van der Waals surface area contributed by atoms with E-state index in [1.54, 1.807) is 33.9 Å². The Bertz CT molecular complexity index is 645. The van der Waals surface area contributed by atoms with Crippen LogP contribution in [-0.4, -0.2) is 21.8 Å². The number of nitrogens with two attached hydrogens (primary N) is 1. The SMILES string of the molecule is NCCSSc1nccn1C1Cc2ccc(F)c(F)c2C1. The highest BCUT2D eigenvalue weighted by molar-refractivity contribution is 8.76. The van der Waals surface area contributed by atoms with E-state index >= 15 is 0 Å². The monoisotopic (exact) mass is 327 g/mol. The molecule has 0 spiro atoms. The van der Waals surface area contributed by atoms with Gasteiger partial charge in [-0.05, 0) is 40.8 Å². The standard InChI is InChI=1S/C14H15F2N3S2/c15-12-2-1-9-7-10(8-11(9)13(12)16)19-5-4-18-14(19)21-20-6-3-17/h1-2,4-5,10H,3,6-8,17H2. The van der Waals surface area contributed by atoms with Crippen LogP contribution in [0.1, 0.15) is 17.2 Å². The van der Waals surface area contributed by atoms with Crippen molar-refractivity contribution in [2.75, 3.05) is 12.3 Å². The summed E-state index contributed by atoms with van der Waals surface area (Å²) in [6.45, 7) is 0.623. The van der Waals surface area contributed by atoms with Gasteiger partial charge in [-0.1, -0.05) is 16.9 Å². The zero-order chi connectivity index (χ0) is 14.8. The fraction of sp³-hybridized carbons (Fsp3) is 0.357. The van der Waals surface area contributed by atoms with Gasteiger partial charge in [-0.3, -0.25) is 0 Å². The highest BCUT2D eigenvalue weighted by atomic mass is 33.1. The van der Waals surface area contributed by atoms with Crippen LogP contribution >= 0.6 is 21.6 Å². The quantitative estimate of drug-likeness (QED) is 0.676. The lowest BCUT2D eigenvalue weighted by Gasteiger charge is -2.14. The largest absolute Gasteiger partial charge is 0.330 e. The number of fused-ring (bicyclic) bond motifs is 1. The molecule has 21 heavy (non-hydrogen) atoms. The lowest BCUT2D eigenvalue weighted by atomic mass is 10.1. The zero-order valence-corrected chi connectivity index (χ0v) is 12.9. The zero-order valence-electron chi connectivity index (χ0n) is 11.3. The maximum absolute atomic E-state index is 13.8. The molecule has 1 aliphatic rings. The van der Waals surface area contributed by atoms with Gasteiger partial charge < -0.3 is 10.3 Å². The molecule has 0 radical (unpaired) electrons. The van der Waals surface area contributed by atoms with Gasteiger partial charge in [0.2, 0.25) is 0 Å². The molecule has 1 atom stereocenters. The summed E-state index contributed by atoms with van der Waals surface area (Å²) in [4.78, 5) is 4.33. The molecule has 0 amide bonds. The summed E-state index contributed by atoms with van der Waals surface area (Å²) >= 11 is 0. The third-order valence-electron chi connectivity index (χ3n) is 3.55. The van der Waals surface area contributed by atoms with Crippen molar-refractivity contribution in [2.24, 2.45) is 5.73 Å². The van der Waals surface area contributed by atoms with E-state index in [9.17, 15) is 8.78 Å². The van der Waals surface area contributed by atoms with Crippen LogP contribution in [0.2, 0.25) is 0 Å². The topological polar surface area (TPSA) is 43.8 Å². The minimum atomic E-state index is -0.770. The van der Waals surface area contributed by atoms with E-state index in [1.807, 2.05) is 10.8 Å². The number of benzene rings is 1. The Labute approximate surface area is 129 Å². The average molecular weight is 327 g/mol. The molecular weight excluding hydrogens is 312 g/mol. The first-order valence-electron chi connectivity index (χ1n) is 6.69. The van der Waals surface area contributed by atoms with Gasteiger partial charge in [-0.2, -0.15) is 0 Å². The Morgan fingerprint density at radius 1 is 1.33 bits per heavy atom. The summed E-state index contributed by atoms with van der Waals surface area (Å²) in [6.07, 6.45) is 4.85. The number of hydrogen-bond donors (Lipinski definition) is 1. The predicted octanol–water partition coefficient (Wildman–Crippen LogP) is 3.20. The fourth-order valence-electron chi connectivity index (χ4n) is 2.59. The molecular formula is C14H15F2N3S2. The van der Waals surface area contributed by atoms with Crippen molar-refractivity contribution in [1.29, 1.82) is 0 Å². The highest BCUT2D eigenvalue weighted by Gasteiger charge is 2.28. The molecule has 0 saturated carbocycles. The molecule has 2 N–H and O–H groups in total. The van der Waals surface area contributed by atoms with E-state index in [0.717, 1.165) is 16.5 Å². The summed E-state index contributed by atoms with van der Waals surface area (Å²) in [5.74, 6) is -0.627. The van der Waals surface area contributed by atoms with Crippen molar-refractivity contribution < 1.29 is 8.78 Å². The maximum Gasteiger partial charge on any atom is 0.179 e. The molecule has 1 heterocycles. The first-order chi connectivity index (χ1) is 10.2. The van der Waals surface area contributed by atoms with Crippen LogP contribution in [0.5, 0.6) is 0 Å². The number of nitrogens with zero attached hydrogens (tertiary/aromatic N) is 2. The van der Waals surface area contributed by atoms with Crippen LogP contribution in [0.25, 0.3) is 0 Å². The molecule has 1 aliphatic carbocycles. The van der Waals surface area contributed by atoms with Crippen molar-refractivity contribution in [3.05, 3.63) is 47.3 Å². The highest BCUT2D eigenvalue weighted by Crippen LogP contribution is 2.37. The van der Waals surface area contributed by atoms with Crippen molar-refractivity contribution in [1.82, 2.24) is 9.55 Å². The fourth-order valence-corrected chi connectivity index (χ4v) is 4.51. The second kappa shape index (κ2) is 6.37. The van der Waals surface area contributed by atoms with Crippen LogP contribution in [0.15, 0.2) is 29.7 Å². The van der Waals surface area contributed by atoms with E-state index in [0.29, 0.717) is 24.9 Å². The maximum atomic E-state index is 13.8. The summed E-state index contributed by atoms with van der Waals surface area (Å²) in [6, 6.07) is 2.98. The smallest absolute Gasteiger partial charge is 0.179 e. The molecule has 7 heteroatoms. The Hall–Kier alpha value is -1.05. The Kier molecular flexibility index (Phi) is 4.51. The normalized spacial score (nSPS) is 17.2. The van der Waals surface area contributed by atoms with Crippen LogP contribution < -0.4 is 5.73 Å². The Morgan fingerprint density at radius 2 is 2.19 bits per heavy atom. The summed E-state index contributed by atoms with van der Waals surface area (Å²) < 4.78 is 29.2. The van der Waals surface area contributed by atoms with Gasteiger partial charge in [-0.25, -0.2) is 13.8 Å². The molecule has 1 aromatic carbocycles. The van der Waals surface area contributed by atoms with E-state index in [2.05, 4.69) is 4.98 Å². The minimum absolute atomic E-state index is 0.0970. The van der Waals surface area contributed by atoms with Gasteiger partial charge in [-0.15, -0.1) is 0 Å². The number of imidazole rings is 1. The molecule has 0 aliphatic heterocycles. The van der Waals surface area contributed by atoms with Crippen molar-refractivity contribution in [3.8, 4) is 0 Å². The Morgan fingerprint density at radius 3 is 3.00 bits per heavy atom.